The fraction of sp³-hybridized carbons (Fsp3) is 0.417. The van der Waals surface area contributed by atoms with Crippen molar-refractivity contribution >= 4 is 34.1 Å². The molecule has 0 saturated carbocycles. The van der Waals surface area contributed by atoms with E-state index in [2.05, 4.69) is 28.7 Å². The molecule has 6 heteroatoms. The highest BCUT2D eigenvalue weighted by atomic mass is 32.2. The fourth-order valence-corrected chi connectivity index (χ4v) is 2.94. The van der Waals surface area contributed by atoms with Crippen LogP contribution in [-0.4, -0.2) is 36.7 Å². The zero-order valence-corrected chi connectivity index (χ0v) is 12.2. The minimum atomic E-state index is 0.738. The molecule has 18 heavy (non-hydrogen) atoms. The summed E-state index contributed by atoms with van der Waals surface area (Å²) in [5, 5.41) is 0. The van der Waals surface area contributed by atoms with Crippen molar-refractivity contribution in [2.75, 3.05) is 13.1 Å². The molecule has 0 aliphatic heterocycles. The molecular weight excluding hydrogens is 264 g/mol. The van der Waals surface area contributed by atoms with Crippen LogP contribution in [-0.2, 0) is 5.75 Å². The topological polar surface area (TPSA) is 33.4 Å². The first-order valence-corrected chi connectivity index (χ1v) is 7.34. The Morgan fingerprint density at radius 3 is 2.89 bits per heavy atom. The number of hydrogen-bond donors (Lipinski definition) is 0. The van der Waals surface area contributed by atoms with Crippen LogP contribution in [0.25, 0.3) is 5.78 Å². The SMILES string of the molecule is CCN(CC)C(=S)SCc1cn2cccnc2n1. The van der Waals surface area contributed by atoms with Crippen molar-refractivity contribution in [3.8, 4) is 0 Å². The van der Waals surface area contributed by atoms with Crippen molar-refractivity contribution in [2.24, 2.45) is 0 Å². The van der Waals surface area contributed by atoms with Gasteiger partial charge < -0.3 is 4.90 Å². The van der Waals surface area contributed by atoms with Gasteiger partial charge in [-0.15, -0.1) is 0 Å². The molecule has 2 aromatic heterocycles. The zero-order chi connectivity index (χ0) is 13.0. The Hall–Kier alpha value is -1.14. The average molecular weight is 280 g/mol. The van der Waals surface area contributed by atoms with Crippen LogP contribution < -0.4 is 0 Å². The molecule has 2 heterocycles. The molecule has 0 aliphatic carbocycles. The largest absolute Gasteiger partial charge is 0.358 e. The highest BCUT2D eigenvalue weighted by Gasteiger charge is 2.08. The molecule has 2 aromatic rings. The maximum absolute atomic E-state index is 5.39. The first kappa shape index (κ1) is 13.3. The number of aromatic nitrogens is 3. The molecule has 0 bridgehead atoms. The van der Waals surface area contributed by atoms with Crippen LogP contribution in [0.15, 0.2) is 24.7 Å². The Kier molecular flexibility index (Phi) is 4.54. The number of thiocarbonyl (C=S) groups is 1. The van der Waals surface area contributed by atoms with Gasteiger partial charge in [0.05, 0.1) is 5.69 Å². The maximum atomic E-state index is 5.39. The van der Waals surface area contributed by atoms with Gasteiger partial charge >= 0.3 is 0 Å². The lowest BCUT2D eigenvalue weighted by Crippen LogP contribution is -2.26. The van der Waals surface area contributed by atoms with Gasteiger partial charge in [-0.05, 0) is 19.9 Å². The van der Waals surface area contributed by atoms with Gasteiger partial charge in [0.15, 0.2) is 0 Å². The van der Waals surface area contributed by atoms with Gasteiger partial charge in [-0.2, -0.15) is 0 Å². The van der Waals surface area contributed by atoms with E-state index in [-0.39, 0.29) is 0 Å². The van der Waals surface area contributed by atoms with E-state index in [1.54, 1.807) is 18.0 Å². The normalized spacial score (nSPS) is 10.8. The lowest BCUT2D eigenvalue weighted by atomic mass is 10.6. The summed E-state index contributed by atoms with van der Waals surface area (Å²) in [6.07, 6.45) is 5.70. The minimum Gasteiger partial charge on any atom is -0.358 e. The predicted molar refractivity (Wildman–Crippen MR) is 79.8 cm³/mol. The van der Waals surface area contributed by atoms with Gasteiger partial charge in [0.2, 0.25) is 5.78 Å². The highest BCUT2D eigenvalue weighted by Crippen LogP contribution is 2.16. The van der Waals surface area contributed by atoms with E-state index in [9.17, 15) is 0 Å². The second-order valence-corrected chi connectivity index (χ2v) is 5.40. The van der Waals surface area contributed by atoms with Crippen molar-refractivity contribution in [1.82, 2.24) is 19.3 Å². The molecule has 0 amide bonds. The van der Waals surface area contributed by atoms with E-state index in [0.717, 1.165) is 34.6 Å². The molecule has 4 nitrogen and oxygen atoms in total. The zero-order valence-electron chi connectivity index (χ0n) is 10.5. The van der Waals surface area contributed by atoms with E-state index in [1.807, 2.05) is 22.9 Å². The Balaban J connectivity index is 1.99. The van der Waals surface area contributed by atoms with Crippen molar-refractivity contribution < 1.29 is 0 Å². The Labute approximate surface area is 116 Å². The van der Waals surface area contributed by atoms with Gasteiger partial charge in [-0.1, -0.05) is 24.0 Å². The number of rotatable bonds is 4. The average Bonchev–Trinajstić information content (AvgIpc) is 2.80. The second-order valence-electron chi connectivity index (χ2n) is 3.79. The standard InChI is InChI=1S/C12H16N4S2/c1-3-15(4-2)12(17)18-9-10-8-16-7-5-6-13-11(16)14-10/h5-8H,3-4,9H2,1-2H3. The van der Waals surface area contributed by atoms with Crippen LogP contribution in [0.5, 0.6) is 0 Å². The summed E-state index contributed by atoms with van der Waals surface area (Å²) in [5.74, 6) is 1.53. The predicted octanol–water partition coefficient (Wildman–Crippen LogP) is 2.59. The second kappa shape index (κ2) is 6.15. The van der Waals surface area contributed by atoms with Gasteiger partial charge in [0.25, 0.3) is 0 Å². The number of thioether (sulfide) groups is 1. The van der Waals surface area contributed by atoms with Crippen LogP contribution in [0.3, 0.4) is 0 Å². The summed E-state index contributed by atoms with van der Waals surface area (Å²) in [6.45, 7) is 6.14. The van der Waals surface area contributed by atoms with Crippen molar-refractivity contribution in [2.45, 2.75) is 19.6 Å². The number of nitrogens with zero attached hydrogens (tertiary/aromatic N) is 4. The molecule has 0 radical (unpaired) electrons. The van der Waals surface area contributed by atoms with E-state index in [1.165, 1.54) is 0 Å². The first-order chi connectivity index (χ1) is 8.74. The van der Waals surface area contributed by atoms with Gasteiger partial charge in [0.1, 0.15) is 4.32 Å². The fourth-order valence-electron chi connectivity index (χ4n) is 1.66. The molecule has 0 aromatic carbocycles. The Morgan fingerprint density at radius 2 is 2.22 bits per heavy atom. The van der Waals surface area contributed by atoms with Crippen molar-refractivity contribution in [3.63, 3.8) is 0 Å². The monoisotopic (exact) mass is 280 g/mol. The van der Waals surface area contributed by atoms with Gasteiger partial charge in [-0.3, -0.25) is 4.40 Å². The molecule has 0 unspecified atom stereocenters. The molecule has 0 atom stereocenters. The Morgan fingerprint density at radius 1 is 1.44 bits per heavy atom. The summed E-state index contributed by atoms with van der Waals surface area (Å²) in [4.78, 5) is 10.8. The molecule has 0 spiro atoms. The highest BCUT2D eigenvalue weighted by molar-refractivity contribution is 8.22. The lowest BCUT2D eigenvalue weighted by Gasteiger charge is -2.20. The lowest BCUT2D eigenvalue weighted by molar-refractivity contribution is 0.482. The van der Waals surface area contributed by atoms with Gasteiger partial charge in [0, 0.05) is 37.4 Å². The summed E-state index contributed by atoms with van der Waals surface area (Å²) >= 11 is 7.05. The van der Waals surface area contributed by atoms with Crippen LogP contribution >= 0.6 is 24.0 Å². The van der Waals surface area contributed by atoms with Crippen LogP contribution in [0.4, 0.5) is 0 Å². The summed E-state index contributed by atoms with van der Waals surface area (Å²) < 4.78 is 2.86. The third-order valence-corrected chi connectivity index (χ3v) is 4.21. The molecular formula is C12H16N4S2. The maximum Gasteiger partial charge on any atom is 0.233 e. The van der Waals surface area contributed by atoms with E-state index in [0.29, 0.717) is 0 Å². The van der Waals surface area contributed by atoms with Gasteiger partial charge in [-0.25, -0.2) is 9.97 Å². The quantitative estimate of drug-likeness (QED) is 0.804. The minimum absolute atomic E-state index is 0.738. The van der Waals surface area contributed by atoms with Crippen LogP contribution in [0.1, 0.15) is 19.5 Å². The Bertz CT molecular complexity index is 501. The smallest absolute Gasteiger partial charge is 0.233 e. The third kappa shape index (κ3) is 3.00. The van der Waals surface area contributed by atoms with Crippen molar-refractivity contribution in [1.29, 1.82) is 0 Å². The van der Waals surface area contributed by atoms with Crippen LogP contribution in [0, 0.1) is 0 Å². The summed E-state index contributed by atoms with van der Waals surface area (Å²) in [7, 11) is 0. The molecule has 0 N–H and O–H groups in total. The first-order valence-electron chi connectivity index (χ1n) is 5.95. The molecule has 96 valence electrons. The number of imidazole rings is 1. The molecule has 2 rings (SSSR count). The molecule has 0 aliphatic rings. The summed E-state index contributed by atoms with van der Waals surface area (Å²) in [5.41, 5.74) is 1.01. The van der Waals surface area contributed by atoms with Crippen molar-refractivity contribution in [3.05, 3.63) is 30.4 Å². The molecule has 0 saturated heterocycles. The van der Waals surface area contributed by atoms with Crippen LogP contribution in [0.2, 0.25) is 0 Å². The third-order valence-electron chi connectivity index (χ3n) is 2.65. The van der Waals surface area contributed by atoms with E-state index in [4.69, 9.17) is 12.2 Å². The summed E-state index contributed by atoms with van der Waals surface area (Å²) in [6, 6.07) is 1.89. The number of hydrogen-bond acceptors (Lipinski definition) is 4. The van der Waals surface area contributed by atoms with E-state index < -0.39 is 0 Å². The number of fused-ring (bicyclic) bond motifs is 1. The molecule has 0 fully saturated rings. The van der Waals surface area contributed by atoms with E-state index >= 15 is 0 Å².